The molecule has 2 aromatic rings. The predicted molar refractivity (Wildman–Crippen MR) is 76.0 cm³/mol. The Balaban J connectivity index is 1.83. The topological polar surface area (TPSA) is 34.4 Å². The highest BCUT2D eigenvalue weighted by Crippen LogP contribution is 2.35. The third kappa shape index (κ3) is 2.43. The van der Waals surface area contributed by atoms with E-state index in [4.69, 9.17) is 20.8 Å². The zero-order valence-corrected chi connectivity index (χ0v) is 11.5. The minimum absolute atomic E-state index is 0.299. The molecule has 0 radical (unpaired) electrons. The average Bonchev–Trinajstić information content (AvgIpc) is 2.90. The summed E-state index contributed by atoms with van der Waals surface area (Å²) in [6.07, 6.45) is 5.05. The Labute approximate surface area is 117 Å². The maximum absolute atomic E-state index is 6.03. The number of furan rings is 1. The van der Waals surface area contributed by atoms with Crippen LogP contribution in [0.15, 0.2) is 34.9 Å². The van der Waals surface area contributed by atoms with Crippen LogP contribution in [0.5, 0.6) is 5.75 Å². The summed E-state index contributed by atoms with van der Waals surface area (Å²) in [6.45, 7) is 0. The number of hydrogen-bond donors (Lipinski definition) is 1. The van der Waals surface area contributed by atoms with Gasteiger partial charge in [0.15, 0.2) is 0 Å². The first-order chi connectivity index (χ1) is 9.28. The Bertz CT molecular complexity index is 579. The van der Waals surface area contributed by atoms with Gasteiger partial charge >= 0.3 is 0 Å². The van der Waals surface area contributed by atoms with Gasteiger partial charge in [-0.05, 0) is 31.0 Å². The summed E-state index contributed by atoms with van der Waals surface area (Å²) < 4.78 is 10.7. The van der Waals surface area contributed by atoms with Gasteiger partial charge in [0.1, 0.15) is 11.5 Å². The highest BCUT2D eigenvalue weighted by atomic mass is 35.5. The molecule has 0 aliphatic heterocycles. The Hall–Kier alpha value is -1.61. The van der Waals surface area contributed by atoms with Crippen molar-refractivity contribution in [1.82, 2.24) is 0 Å². The lowest BCUT2D eigenvalue weighted by molar-refractivity contribution is 0.415. The molecule has 1 atom stereocenters. The number of anilines is 1. The van der Waals surface area contributed by atoms with Gasteiger partial charge in [-0.3, -0.25) is 0 Å². The summed E-state index contributed by atoms with van der Waals surface area (Å²) in [4.78, 5) is 0. The van der Waals surface area contributed by atoms with Gasteiger partial charge in [-0.1, -0.05) is 11.6 Å². The number of nitrogens with one attached hydrogen (secondary N) is 1. The molecule has 4 heteroatoms. The number of methoxy groups -OCH3 is 1. The summed E-state index contributed by atoms with van der Waals surface area (Å²) >= 11 is 6.03. The number of fused-ring (bicyclic) bond motifs is 1. The minimum atomic E-state index is 0.299. The first-order valence-electron chi connectivity index (χ1n) is 6.44. The van der Waals surface area contributed by atoms with Crippen molar-refractivity contribution in [3.05, 3.63) is 46.9 Å². The van der Waals surface area contributed by atoms with Crippen LogP contribution < -0.4 is 10.1 Å². The molecule has 0 spiro atoms. The first kappa shape index (κ1) is 12.4. The van der Waals surface area contributed by atoms with Gasteiger partial charge in [0.25, 0.3) is 0 Å². The van der Waals surface area contributed by atoms with Crippen molar-refractivity contribution >= 4 is 17.3 Å². The van der Waals surface area contributed by atoms with Gasteiger partial charge in [-0.25, -0.2) is 0 Å². The fourth-order valence-electron chi connectivity index (χ4n) is 2.59. The zero-order valence-electron chi connectivity index (χ0n) is 10.8. The van der Waals surface area contributed by atoms with Crippen molar-refractivity contribution < 1.29 is 9.15 Å². The second kappa shape index (κ2) is 5.17. The molecule has 3 rings (SSSR count). The van der Waals surface area contributed by atoms with Crippen molar-refractivity contribution in [1.29, 1.82) is 0 Å². The van der Waals surface area contributed by atoms with Crippen LogP contribution in [0.1, 0.15) is 30.2 Å². The monoisotopic (exact) mass is 277 g/mol. The zero-order chi connectivity index (χ0) is 13.2. The van der Waals surface area contributed by atoms with Crippen LogP contribution in [0.3, 0.4) is 0 Å². The van der Waals surface area contributed by atoms with E-state index in [0.717, 1.165) is 30.7 Å². The summed E-state index contributed by atoms with van der Waals surface area (Å²) in [7, 11) is 1.62. The van der Waals surface area contributed by atoms with E-state index in [2.05, 4.69) is 11.4 Å². The number of rotatable bonds is 3. The number of ether oxygens (including phenoxy) is 1. The third-order valence-corrected chi connectivity index (χ3v) is 3.86. The molecule has 19 heavy (non-hydrogen) atoms. The van der Waals surface area contributed by atoms with Crippen molar-refractivity contribution in [2.24, 2.45) is 0 Å². The fraction of sp³-hybridized carbons (Fsp3) is 0.333. The molecule has 1 aromatic carbocycles. The van der Waals surface area contributed by atoms with E-state index in [-0.39, 0.29) is 0 Å². The number of aryl methyl sites for hydroxylation is 1. The standard InChI is InChI=1S/C15H16ClNO2/c1-18-15-9-10(5-6-12(15)16)17-13-3-2-4-14-11(13)7-8-19-14/h5-9,13,17H,2-4H2,1H3. The molecule has 1 N–H and O–H groups in total. The molecule has 100 valence electrons. The van der Waals surface area contributed by atoms with E-state index in [1.165, 1.54) is 5.56 Å². The number of benzene rings is 1. The molecule has 0 fully saturated rings. The molecule has 1 unspecified atom stereocenters. The van der Waals surface area contributed by atoms with Crippen molar-refractivity contribution in [2.45, 2.75) is 25.3 Å². The molecular formula is C15H16ClNO2. The molecule has 1 aliphatic rings. The average molecular weight is 278 g/mol. The van der Waals surface area contributed by atoms with Crippen LogP contribution in [0, 0.1) is 0 Å². The highest BCUT2D eigenvalue weighted by Gasteiger charge is 2.22. The van der Waals surface area contributed by atoms with Crippen molar-refractivity contribution in [3.63, 3.8) is 0 Å². The van der Waals surface area contributed by atoms with Gasteiger partial charge in [0, 0.05) is 23.7 Å². The van der Waals surface area contributed by atoms with E-state index < -0.39 is 0 Å². The molecule has 0 bridgehead atoms. The van der Waals surface area contributed by atoms with Crippen LogP contribution in [0.2, 0.25) is 5.02 Å². The maximum atomic E-state index is 6.03. The molecule has 0 saturated heterocycles. The molecule has 0 saturated carbocycles. The molecule has 3 nitrogen and oxygen atoms in total. The number of hydrogen-bond acceptors (Lipinski definition) is 3. The lowest BCUT2D eigenvalue weighted by atomic mass is 9.93. The van der Waals surface area contributed by atoms with E-state index >= 15 is 0 Å². The fourth-order valence-corrected chi connectivity index (χ4v) is 2.78. The quantitative estimate of drug-likeness (QED) is 0.901. The largest absolute Gasteiger partial charge is 0.495 e. The Morgan fingerprint density at radius 1 is 1.37 bits per heavy atom. The molecular weight excluding hydrogens is 262 g/mol. The van der Waals surface area contributed by atoms with Gasteiger partial charge < -0.3 is 14.5 Å². The first-order valence-corrected chi connectivity index (χ1v) is 6.82. The van der Waals surface area contributed by atoms with Crippen LogP contribution in [0.25, 0.3) is 0 Å². The Morgan fingerprint density at radius 3 is 3.11 bits per heavy atom. The third-order valence-electron chi connectivity index (χ3n) is 3.54. The molecule has 1 heterocycles. The SMILES string of the molecule is COc1cc(NC2CCCc3occc32)ccc1Cl. The van der Waals surface area contributed by atoms with Crippen LogP contribution >= 0.6 is 11.6 Å². The smallest absolute Gasteiger partial charge is 0.139 e. The minimum Gasteiger partial charge on any atom is -0.495 e. The number of halogens is 1. The van der Waals surface area contributed by atoms with Gasteiger partial charge in [0.05, 0.1) is 24.4 Å². The Morgan fingerprint density at radius 2 is 2.26 bits per heavy atom. The Kier molecular flexibility index (Phi) is 3.38. The van der Waals surface area contributed by atoms with E-state index in [1.54, 1.807) is 13.4 Å². The van der Waals surface area contributed by atoms with E-state index in [9.17, 15) is 0 Å². The highest BCUT2D eigenvalue weighted by molar-refractivity contribution is 6.32. The summed E-state index contributed by atoms with van der Waals surface area (Å²) in [5.41, 5.74) is 2.28. The second-order valence-electron chi connectivity index (χ2n) is 4.74. The lowest BCUT2D eigenvalue weighted by Crippen LogP contribution is -2.15. The van der Waals surface area contributed by atoms with Crippen LogP contribution in [0.4, 0.5) is 5.69 Å². The second-order valence-corrected chi connectivity index (χ2v) is 5.14. The summed E-state index contributed by atoms with van der Waals surface area (Å²) in [5, 5.41) is 4.15. The van der Waals surface area contributed by atoms with Gasteiger partial charge in [-0.15, -0.1) is 0 Å². The van der Waals surface area contributed by atoms with Gasteiger partial charge in [-0.2, -0.15) is 0 Å². The predicted octanol–water partition coefficient (Wildman–Crippen LogP) is 4.43. The van der Waals surface area contributed by atoms with Crippen molar-refractivity contribution in [3.8, 4) is 5.75 Å². The lowest BCUT2D eigenvalue weighted by Gasteiger charge is -2.24. The molecule has 1 aliphatic carbocycles. The summed E-state index contributed by atoms with van der Waals surface area (Å²) in [5.74, 6) is 1.79. The van der Waals surface area contributed by atoms with E-state index in [0.29, 0.717) is 16.8 Å². The maximum Gasteiger partial charge on any atom is 0.139 e. The van der Waals surface area contributed by atoms with E-state index in [1.807, 2.05) is 18.2 Å². The summed E-state index contributed by atoms with van der Waals surface area (Å²) in [6, 6.07) is 8.10. The van der Waals surface area contributed by atoms with Crippen LogP contribution in [-0.4, -0.2) is 7.11 Å². The normalized spacial score (nSPS) is 17.9. The van der Waals surface area contributed by atoms with Crippen molar-refractivity contribution in [2.75, 3.05) is 12.4 Å². The molecule has 1 aromatic heterocycles. The van der Waals surface area contributed by atoms with Gasteiger partial charge in [0.2, 0.25) is 0 Å². The van der Waals surface area contributed by atoms with Crippen LogP contribution in [-0.2, 0) is 6.42 Å². The molecule has 0 amide bonds.